The van der Waals surface area contributed by atoms with Gasteiger partial charge in [-0.05, 0) is 24.7 Å². The number of halogens is 4. The Morgan fingerprint density at radius 2 is 1.71 bits per heavy atom. The van der Waals surface area contributed by atoms with Crippen LogP contribution in [-0.2, 0) is 0 Å². The molecule has 0 aromatic heterocycles. The van der Waals surface area contributed by atoms with Gasteiger partial charge in [0.15, 0.2) is 0 Å². The monoisotopic (exact) mass is 267 g/mol. The Morgan fingerprint density at radius 1 is 1.21 bits per heavy atom. The van der Waals surface area contributed by atoms with Crippen molar-refractivity contribution in [1.29, 1.82) is 0 Å². The average Bonchev–Trinajstić information content (AvgIpc) is 2.07. The van der Waals surface area contributed by atoms with E-state index in [4.69, 9.17) is 0 Å². The molecule has 0 saturated heterocycles. The van der Waals surface area contributed by atoms with Gasteiger partial charge in [-0.15, -0.1) is 0 Å². The van der Waals surface area contributed by atoms with E-state index in [0.717, 1.165) is 4.47 Å². The first-order valence-corrected chi connectivity index (χ1v) is 4.74. The van der Waals surface area contributed by atoms with E-state index in [-0.39, 0.29) is 5.56 Å². The topological polar surface area (TPSA) is 12.0 Å². The van der Waals surface area contributed by atoms with E-state index < -0.39 is 12.2 Å². The molecule has 0 fully saturated rings. The Kier molecular flexibility index (Phi) is 3.55. The molecule has 0 heterocycles. The molecule has 1 atom stereocenters. The van der Waals surface area contributed by atoms with Gasteiger partial charge in [0.05, 0.1) is 0 Å². The number of rotatable bonds is 2. The van der Waals surface area contributed by atoms with Crippen LogP contribution in [0.5, 0.6) is 0 Å². The quantitative estimate of drug-likeness (QED) is 0.868. The predicted molar refractivity (Wildman–Crippen MR) is 52.0 cm³/mol. The second-order valence-corrected chi connectivity index (χ2v) is 3.73. The number of nitrogens with one attached hydrogen (secondary N) is 1. The number of hydrogen-bond acceptors (Lipinski definition) is 1. The molecule has 0 aliphatic heterocycles. The van der Waals surface area contributed by atoms with Crippen LogP contribution in [-0.4, -0.2) is 13.2 Å². The highest BCUT2D eigenvalue weighted by molar-refractivity contribution is 9.10. The molecule has 0 spiro atoms. The van der Waals surface area contributed by atoms with E-state index >= 15 is 0 Å². The molecule has 1 N–H and O–H groups in total. The summed E-state index contributed by atoms with van der Waals surface area (Å²) < 4.78 is 38.1. The van der Waals surface area contributed by atoms with Crippen LogP contribution in [0.2, 0.25) is 0 Å². The zero-order valence-electron chi connectivity index (χ0n) is 7.40. The minimum absolute atomic E-state index is 0.211. The molecule has 1 unspecified atom stereocenters. The van der Waals surface area contributed by atoms with Gasteiger partial charge in [0.2, 0.25) is 0 Å². The molecule has 0 bridgehead atoms. The van der Waals surface area contributed by atoms with Gasteiger partial charge in [0, 0.05) is 4.47 Å². The van der Waals surface area contributed by atoms with Gasteiger partial charge in [0.1, 0.15) is 6.04 Å². The molecule has 1 nitrogen and oxygen atoms in total. The Balaban J connectivity index is 2.96. The lowest BCUT2D eigenvalue weighted by atomic mass is 10.1. The summed E-state index contributed by atoms with van der Waals surface area (Å²) in [7, 11) is 1.29. The Bertz CT molecular complexity index is 294. The van der Waals surface area contributed by atoms with Crippen LogP contribution >= 0.6 is 15.9 Å². The maximum Gasteiger partial charge on any atom is 0.407 e. The lowest BCUT2D eigenvalue weighted by Crippen LogP contribution is -2.31. The van der Waals surface area contributed by atoms with Crippen LogP contribution in [0.15, 0.2) is 28.7 Å². The molecule has 14 heavy (non-hydrogen) atoms. The predicted octanol–water partition coefficient (Wildman–Crippen LogP) is 3.27. The van der Waals surface area contributed by atoms with Crippen molar-refractivity contribution < 1.29 is 13.2 Å². The Hall–Kier alpha value is -0.550. The van der Waals surface area contributed by atoms with Crippen LogP contribution in [0.25, 0.3) is 0 Å². The molecule has 0 aliphatic carbocycles. The summed E-state index contributed by atoms with van der Waals surface area (Å²) in [6.45, 7) is 0. The summed E-state index contributed by atoms with van der Waals surface area (Å²) >= 11 is 3.17. The fourth-order valence-corrected chi connectivity index (χ4v) is 1.44. The van der Waals surface area contributed by atoms with Crippen LogP contribution < -0.4 is 5.32 Å². The first-order chi connectivity index (χ1) is 6.45. The van der Waals surface area contributed by atoms with Crippen molar-refractivity contribution in [3.05, 3.63) is 34.3 Å². The van der Waals surface area contributed by atoms with Gasteiger partial charge >= 0.3 is 6.18 Å². The van der Waals surface area contributed by atoms with Gasteiger partial charge in [0.25, 0.3) is 0 Å². The number of benzene rings is 1. The molecule has 1 rings (SSSR count). The van der Waals surface area contributed by atoms with Gasteiger partial charge in [-0.25, -0.2) is 0 Å². The normalized spacial score (nSPS) is 14.1. The third kappa shape index (κ3) is 2.72. The van der Waals surface area contributed by atoms with Crippen molar-refractivity contribution in [3.8, 4) is 0 Å². The van der Waals surface area contributed by atoms with Crippen LogP contribution in [0.1, 0.15) is 11.6 Å². The average molecular weight is 268 g/mol. The van der Waals surface area contributed by atoms with Gasteiger partial charge in [-0.2, -0.15) is 13.2 Å². The van der Waals surface area contributed by atoms with E-state index in [2.05, 4.69) is 21.2 Å². The Morgan fingerprint density at radius 3 is 2.07 bits per heavy atom. The molecule has 0 radical (unpaired) electrons. The largest absolute Gasteiger partial charge is 0.407 e. The highest BCUT2D eigenvalue weighted by atomic mass is 79.9. The summed E-state index contributed by atoms with van der Waals surface area (Å²) in [4.78, 5) is 0. The Labute approximate surface area is 88.4 Å². The number of alkyl halides is 3. The highest BCUT2D eigenvalue weighted by Crippen LogP contribution is 2.32. The fourth-order valence-electron chi connectivity index (χ4n) is 1.17. The summed E-state index contributed by atoms with van der Waals surface area (Å²) in [6.07, 6.45) is -4.26. The van der Waals surface area contributed by atoms with E-state index in [1.54, 1.807) is 12.1 Å². The van der Waals surface area contributed by atoms with E-state index in [1.807, 2.05) is 0 Å². The fraction of sp³-hybridized carbons (Fsp3) is 0.333. The lowest BCUT2D eigenvalue weighted by Gasteiger charge is -2.19. The van der Waals surface area contributed by atoms with Gasteiger partial charge < -0.3 is 5.32 Å². The minimum Gasteiger partial charge on any atom is -0.306 e. The second kappa shape index (κ2) is 4.31. The summed E-state index contributed by atoms with van der Waals surface area (Å²) in [5.74, 6) is 0. The molecule has 5 heteroatoms. The van der Waals surface area contributed by atoms with E-state index in [1.165, 1.54) is 19.2 Å². The summed E-state index contributed by atoms with van der Waals surface area (Å²) in [5, 5.41) is 2.24. The molecule has 78 valence electrons. The lowest BCUT2D eigenvalue weighted by molar-refractivity contribution is -0.156. The van der Waals surface area contributed by atoms with Crippen molar-refractivity contribution >= 4 is 15.9 Å². The van der Waals surface area contributed by atoms with Crippen molar-refractivity contribution in [2.75, 3.05) is 7.05 Å². The van der Waals surface area contributed by atoms with Gasteiger partial charge in [-0.1, -0.05) is 28.1 Å². The maximum atomic E-state index is 12.4. The zero-order chi connectivity index (χ0) is 10.8. The highest BCUT2D eigenvalue weighted by Gasteiger charge is 2.39. The molecule has 1 aromatic carbocycles. The smallest absolute Gasteiger partial charge is 0.306 e. The molecule has 0 amide bonds. The van der Waals surface area contributed by atoms with Crippen molar-refractivity contribution in [2.45, 2.75) is 12.2 Å². The first kappa shape index (κ1) is 11.5. The van der Waals surface area contributed by atoms with Crippen LogP contribution in [0, 0.1) is 0 Å². The van der Waals surface area contributed by atoms with Crippen LogP contribution in [0.3, 0.4) is 0 Å². The van der Waals surface area contributed by atoms with Crippen LogP contribution in [0.4, 0.5) is 13.2 Å². The standard InChI is InChI=1S/C9H9BrF3N/c1-14-8(9(11,12)13)6-2-4-7(10)5-3-6/h2-5,8,14H,1H3. The van der Waals surface area contributed by atoms with E-state index in [9.17, 15) is 13.2 Å². The minimum atomic E-state index is -4.26. The summed E-state index contributed by atoms with van der Waals surface area (Å²) in [6, 6.07) is 4.46. The third-order valence-electron chi connectivity index (χ3n) is 1.82. The third-order valence-corrected chi connectivity index (χ3v) is 2.35. The van der Waals surface area contributed by atoms with E-state index in [0.29, 0.717) is 0 Å². The zero-order valence-corrected chi connectivity index (χ0v) is 8.98. The molecular formula is C9H9BrF3N. The molecular weight excluding hydrogens is 259 g/mol. The molecule has 0 aliphatic rings. The van der Waals surface area contributed by atoms with Crippen molar-refractivity contribution in [3.63, 3.8) is 0 Å². The van der Waals surface area contributed by atoms with Crippen molar-refractivity contribution in [2.24, 2.45) is 0 Å². The van der Waals surface area contributed by atoms with Gasteiger partial charge in [-0.3, -0.25) is 0 Å². The first-order valence-electron chi connectivity index (χ1n) is 3.94. The number of hydrogen-bond donors (Lipinski definition) is 1. The second-order valence-electron chi connectivity index (χ2n) is 2.81. The molecule has 0 saturated carbocycles. The maximum absolute atomic E-state index is 12.4. The summed E-state index contributed by atoms with van der Waals surface area (Å²) in [5.41, 5.74) is 0.211. The SMILES string of the molecule is CNC(c1ccc(Br)cc1)C(F)(F)F. The van der Waals surface area contributed by atoms with Crippen molar-refractivity contribution in [1.82, 2.24) is 5.32 Å². The molecule has 1 aromatic rings.